The average molecular weight is 281 g/mol. The van der Waals surface area contributed by atoms with Crippen molar-refractivity contribution in [3.05, 3.63) is 53.5 Å². The summed E-state index contributed by atoms with van der Waals surface area (Å²) in [5.74, 6) is -1.53. The summed E-state index contributed by atoms with van der Waals surface area (Å²) in [5.41, 5.74) is 6.18. The summed E-state index contributed by atoms with van der Waals surface area (Å²) in [6, 6.07) is 9.49. The largest absolute Gasteiger partial charge is 0.399 e. The van der Waals surface area contributed by atoms with Gasteiger partial charge in [0.05, 0.1) is 0 Å². The fourth-order valence-electron chi connectivity index (χ4n) is 1.14. The highest BCUT2D eigenvalue weighted by atomic mass is 32.2. The molecule has 0 spiro atoms. The van der Waals surface area contributed by atoms with E-state index in [4.69, 9.17) is 10.3 Å². The summed E-state index contributed by atoms with van der Waals surface area (Å²) in [6.45, 7) is 0. The molecule has 1 aromatic carbocycles. The maximum atomic E-state index is 10.7. The number of para-hydroxylation sites is 1. The highest BCUT2D eigenvalue weighted by molar-refractivity contribution is 7.91. The molecule has 0 saturated carbocycles. The molecule has 0 heterocycles. The van der Waals surface area contributed by atoms with E-state index in [0.29, 0.717) is 6.08 Å². The third-order valence-corrected chi connectivity index (χ3v) is 2.87. The standard InChI is InChI=1S/C6H7N.C6H4O5S/c7-6-4-2-1-3-5-6;7-4-1-2-5(8)6(3-4)12(9,10)11/h1-5H,7H2;1-3H,(H,9,10,11). The van der Waals surface area contributed by atoms with Crippen molar-refractivity contribution in [2.75, 3.05) is 5.73 Å². The minimum atomic E-state index is -4.57. The molecule has 0 bridgehead atoms. The van der Waals surface area contributed by atoms with E-state index in [1.807, 2.05) is 30.3 Å². The Bertz CT molecular complexity index is 644. The number of anilines is 1. The highest BCUT2D eigenvalue weighted by Crippen LogP contribution is 2.10. The van der Waals surface area contributed by atoms with Crippen molar-refractivity contribution in [1.82, 2.24) is 0 Å². The lowest BCUT2D eigenvalue weighted by atomic mass is 10.2. The average Bonchev–Trinajstić information content (AvgIpc) is 2.33. The highest BCUT2D eigenvalue weighted by Gasteiger charge is 2.23. The van der Waals surface area contributed by atoms with Gasteiger partial charge in [-0.25, -0.2) is 0 Å². The molecule has 0 amide bonds. The zero-order valence-electron chi connectivity index (χ0n) is 9.68. The molecule has 1 aliphatic carbocycles. The van der Waals surface area contributed by atoms with Gasteiger partial charge in [-0.15, -0.1) is 0 Å². The van der Waals surface area contributed by atoms with Crippen LogP contribution in [-0.2, 0) is 19.7 Å². The minimum absolute atomic E-state index is 0.581. The summed E-state index contributed by atoms with van der Waals surface area (Å²) >= 11 is 0. The Kier molecular flexibility index (Phi) is 4.74. The summed E-state index contributed by atoms with van der Waals surface area (Å²) < 4.78 is 29.3. The predicted octanol–water partition coefficient (Wildman–Crippen LogP) is 0.735. The van der Waals surface area contributed by atoms with E-state index in [0.717, 1.165) is 17.8 Å². The molecule has 2 rings (SSSR count). The lowest BCUT2D eigenvalue weighted by Crippen LogP contribution is -2.15. The first kappa shape index (κ1) is 14.8. The first-order chi connectivity index (χ1) is 8.80. The smallest absolute Gasteiger partial charge is 0.298 e. The number of hydrogen-bond donors (Lipinski definition) is 2. The van der Waals surface area contributed by atoms with E-state index in [1.165, 1.54) is 0 Å². The van der Waals surface area contributed by atoms with Crippen molar-refractivity contribution in [1.29, 1.82) is 0 Å². The van der Waals surface area contributed by atoms with Crippen LogP contribution in [0.5, 0.6) is 0 Å². The summed E-state index contributed by atoms with van der Waals surface area (Å²) in [4.78, 5) is 20.4. The van der Waals surface area contributed by atoms with Gasteiger partial charge in [0.25, 0.3) is 10.1 Å². The molecule has 0 aliphatic heterocycles. The monoisotopic (exact) mass is 281 g/mol. The number of ketones is 2. The van der Waals surface area contributed by atoms with E-state index in [9.17, 15) is 18.0 Å². The Morgan fingerprint density at radius 2 is 1.58 bits per heavy atom. The molecule has 0 fully saturated rings. The van der Waals surface area contributed by atoms with Gasteiger partial charge in [0, 0.05) is 11.8 Å². The Labute approximate surface area is 110 Å². The van der Waals surface area contributed by atoms with Gasteiger partial charge in [-0.2, -0.15) is 8.42 Å². The van der Waals surface area contributed by atoms with Crippen LogP contribution in [0.1, 0.15) is 0 Å². The molecule has 0 aromatic heterocycles. The van der Waals surface area contributed by atoms with Gasteiger partial charge >= 0.3 is 0 Å². The number of nitrogens with two attached hydrogens (primary N) is 1. The van der Waals surface area contributed by atoms with Crippen LogP contribution in [0, 0.1) is 0 Å². The lowest BCUT2D eigenvalue weighted by molar-refractivity contribution is -0.114. The van der Waals surface area contributed by atoms with Crippen LogP contribution in [0.2, 0.25) is 0 Å². The maximum absolute atomic E-state index is 10.7. The van der Waals surface area contributed by atoms with Crippen molar-refractivity contribution < 1.29 is 22.6 Å². The molecule has 0 unspecified atom stereocenters. The van der Waals surface area contributed by atoms with E-state index in [1.54, 1.807) is 0 Å². The van der Waals surface area contributed by atoms with Crippen LogP contribution < -0.4 is 5.73 Å². The van der Waals surface area contributed by atoms with Crippen LogP contribution in [0.25, 0.3) is 0 Å². The fourth-order valence-corrected chi connectivity index (χ4v) is 1.73. The summed E-state index contributed by atoms with van der Waals surface area (Å²) in [5, 5.41) is 0. The van der Waals surface area contributed by atoms with E-state index in [2.05, 4.69) is 0 Å². The normalized spacial score (nSPS) is 14.5. The predicted molar refractivity (Wildman–Crippen MR) is 69.6 cm³/mol. The lowest BCUT2D eigenvalue weighted by Gasteiger charge is -2.01. The summed E-state index contributed by atoms with van der Waals surface area (Å²) in [6.07, 6.45) is 2.31. The van der Waals surface area contributed by atoms with Crippen LogP contribution in [0.15, 0.2) is 53.5 Å². The molecule has 0 radical (unpaired) electrons. The number of rotatable bonds is 1. The molecule has 6 nitrogen and oxygen atoms in total. The van der Waals surface area contributed by atoms with Crippen molar-refractivity contribution in [2.45, 2.75) is 0 Å². The van der Waals surface area contributed by atoms with Crippen molar-refractivity contribution >= 4 is 27.4 Å². The van der Waals surface area contributed by atoms with Gasteiger partial charge in [-0.05, 0) is 24.3 Å². The first-order valence-corrected chi connectivity index (χ1v) is 6.51. The molecule has 0 atom stereocenters. The van der Waals surface area contributed by atoms with Gasteiger partial charge in [0.15, 0.2) is 11.6 Å². The van der Waals surface area contributed by atoms with Crippen LogP contribution in [0.3, 0.4) is 0 Å². The number of nitrogen functional groups attached to an aromatic ring is 1. The molecular formula is C12H11NO5S. The Balaban J connectivity index is 0.000000218. The van der Waals surface area contributed by atoms with Crippen LogP contribution in [-0.4, -0.2) is 24.5 Å². The third kappa shape index (κ3) is 4.86. The molecule has 3 N–H and O–H groups in total. The first-order valence-electron chi connectivity index (χ1n) is 5.07. The second-order valence-corrected chi connectivity index (χ2v) is 4.88. The molecule has 100 valence electrons. The van der Waals surface area contributed by atoms with E-state index >= 15 is 0 Å². The third-order valence-electron chi connectivity index (χ3n) is 1.99. The zero-order chi connectivity index (χ0) is 14.5. The van der Waals surface area contributed by atoms with E-state index < -0.39 is 26.6 Å². The Hall–Kier alpha value is -2.25. The SMILES string of the molecule is Nc1ccccc1.O=C1C=CC(=O)C(S(=O)(=O)O)=C1. The quantitative estimate of drug-likeness (QED) is 0.445. The number of hydrogen-bond acceptors (Lipinski definition) is 5. The van der Waals surface area contributed by atoms with Gasteiger partial charge in [0.2, 0.25) is 0 Å². The minimum Gasteiger partial charge on any atom is -0.399 e. The fraction of sp³-hybridized carbons (Fsp3) is 0. The van der Waals surface area contributed by atoms with Crippen molar-refractivity contribution in [3.8, 4) is 0 Å². The van der Waals surface area contributed by atoms with Crippen molar-refractivity contribution in [3.63, 3.8) is 0 Å². The molecule has 1 aliphatic rings. The van der Waals surface area contributed by atoms with Gasteiger partial charge < -0.3 is 5.73 Å². The van der Waals surface area contributed by atoms with Crippen molar-refractivity contribution in [2.24, 2.45) is 0 Å². The molecule has 7 heteroatoms. The molecule has 1 aromatic rings. The van der Waals surface area contributed by atoms with Crippen LogP contribution >= 0.6 is 0 Å². The summed E-state index contributed by atoms with van der Waals surface area (Å²) in [7, 11) is -4.57. The number of carbonyl (C=O) groups is 2. The zero-order valence-corrected chi connectivity index (χ0v) is 10.5. The van der Waals surface area contributed by atoms with Crippen LogP contribution in [0.4, 0.5) is 5.69 Å². The number of carbonyl (C=O) groups excluding carboxylic acids is 2. The number of allylic oxidation sites excluding steroid dienone is 4. The van der Waals surface area contributed by atoms with Gasteiger partial charge in [-0.3, -0.25) is 14.1 Å². The van der Waals surface area contributed by atoms with E-state index in [-0.39, 0.29) is 0 Å². The maximum Gasteiger partial charge on any atom is 0.298 e. The second-order valence-electron chi connectivity index (χ2n) is 3.49. The van der Waals surface area contributed by atoms with Gasteiger partial charge in [0.1, 0.15) is 4.91 Å². The Morgan fingerprint density at radius 1 is 1.00 bits per heavy atom. The second kappa shape index (κ2) is 6.07. The van der Waals surface area contributed by atoms with Gasteiger partial charge in [-0.1, -0.05) is 18.2 Å². The Morgan fingerprint density at radius 3 is 1.95 bits per heavy atom. The number of benzene rings is 1. The molecule has 19 heavy (non-hydrogen) atoms. The molecular weight excluding hydrogens is 270 g/mol. The topological polar surface area (TPSA) is 115 Å². The molecule has 0 saturated heterocycles.